The highest BCUT2D eigenvalue weighted by Gasteiger charge is 2.22. The molecule has 0 aliphatic rings. The first-order chi connectivity index (χ1) is 15.3. The Bertz CT molecular complexity index is 1200. The molecule has 0 saturated heterocycles. The lowest BCUT2D eigenvalue weighted by molar-refractivity contribution is 0.149. The predicted octanol–water partition coefficient (Wildman–Crippen LogP) is 7.92. The second kappa shape index (κ2) is 9.92. The van der Waals surface area contributed by atoms with E-state index in [1.807, 2.05) is 12.1 Å². The van der Waals surface area contributed by atoms with Gasteiger partial charge < -0.3 is 0 Å². The van der Waals surface area contributed by atoms with E-state index in [0.29, 0.717) is 22.3 Å². The van der Waals surface area contributed by atoms with Gasteiger partial charge in [0.2, 0.25) is 6.43 Å². The zero-order valence-corrected chi connectivity index (χ0v) is 18.9. The zero-order valence-electron chi connectivity index (χ0n) is 18.9. The van der Waals surface area contributed by atoms with E-state index >= 15 is 0 Å². The summed E-state index contributed by atoms with van der Waals surface area (Å²) in [6, 6.07) is 19.2. The van der Waals surface area contributed by atoms with Crippen LogP contribution in [0, 0.1) is 22.7 Å². The van der Waals surface area contributed by atoms with Crippen LogP contribution >= 0.6 is 0 Å². The largest absolute Gasteiger partial charge is 0.242 e. The van der Waals surface area contributed by atoms with Gasteiger partial charge in [-0.3, -0.25) is 0 Å². The molecule has 0 fully saturated rings. The maximum Gasteiger partial charge on any atom is 0.242 e. The van der Waals surface area contributed by atoms with Crippen LogP contribution in [0.3, 0.4) is 0 Å². The third-order valence-electron chi connectivity index (χ3n) is 6.17. The third kappa shape index (κ3) is 4.97. The molecule has 3 aromatic rings. The summed E-state index contributed by atoms with van der Waals surface area (Å²) in [5, 5.41) is 21.3. The molecule has 0 aliphatic carbocycles. The van der Waals surface area contributed by atoms with Gasteiger partial charge >= 0.3 is 0 Å². The molecule has 0 heterocycles. The van der Waals surface area contributed by atoms with Crippen molar-refractivity contribution in [3.8, 4) is 23.3 Å². The summed E-state index contributed by atoms with van der Waals surface area (Å²) < 4.78 is 26.0. The van der Waals surface area contributed by atoms with Gasteiger partial charge in [-0.15, -0.1) is 0 Å². The van der Waals surface area contributed by atoms with Gasteiger partial charge in [-0.2, -0.15) is 10.5 Å². The first-order valence-electron chi connectivity index (χ1n) is 11.1. The van der Waals surface area contributed by atoms with Crippen molar-refractivity contribution in [2.75, 3.05) is 0 Å². The molecule has 0 radical (unpaired) electrons. The number of rotatable bonds is 8. The van der Waals surface area contributed by atoms with E-state index in [1.165, 1.54) is 12.0 Å². The van der Waals surface area contributed by atoms with Crippen molar-refractivity contribution in [2.24, 2.45) is 0 Å². The lowest BCUT2D eigenvalue weighted by atomic mass is 9.78. The molecule has 0 atom stereocenters. The predicted molar refractivity (Wildman–Crippen MR) is 126 cm³/mol. The summed E-state index contributed by atoms with van der Waals surface area (Å²) in [6.45, 7) is 6.64. The van der Waals surface area contributed by atoms with Gasteiger partial charge in [0.25, 0.3) is 0 Å². The van der Waals surface area contributed by atoms with Crippen molar-refractivity contribution >= 4 is 10.8 Å². The highest BCUT2D eigenvalue weighted by molar-refractivity contribution is 6.01. The van der Waals surface area contributed by atoms with E-state index in [-0.39, 0.29) is 17.4 Å². The van der Waals surface area contributed by atoms with E-state index in [2.05, 4.69) is 45.0 Å². The molecule has 3 aromatic carbocycles. The van der Waals surface area contributed by atoms with E-state index < -0.39 is 6.43 Å². The molecule has 0 unspecified atom stereocenters. The molecule has 164 valence electrons. The number of nitriles is 2. The van der Waals surface area contributed by atoms with Gasteiger partial charge in [-0.1, -0.05) is 76.4 Å². The molecule has 0 bridgehead atoms. The van der Waals surface area contributed by atoms with E-state index in [1.54, 1.807) is 24.3 Å². The molecule has 32 heavy (non-hydrogen) atoms. The Kier molecular flexibility index (Phi) is 7.26. The number of hydrogen-bond acceptors (Lipinski definition) is 2. The van der Waals surface area contributed by atoms with Crippen LogP contribution in [-0.2, 0) is 11.8 Å². The van der Waals surface area contributed by atoms with Crippen LogP contribution in [-0.4, -0.2) is 6.43 Å². The molecule has 0 N–H and O–H groups in total. The van der Waals surface area contributed by atoms with Crippen LogP contribution in [0.15, 0.2) is 48.5 Å². The Morgan fingerprint density at radius 3 is 2.41 bits per heavy atom. The van der Waals surface area contributed by atoms with E-state index in [0.717, 1.165) is 30.0 Å². The maximum atomic E-state index is 13.0. The highest BCUT2D eigenvalue weighted by Crippen LogP contribution is 2.38. The number of hydrogen-bond donors (Lipinski definition) is 0. The van der Waals surface area contributed by atoms with Gasteiger partial charge in [-0.25, -0.2) is 8.78 Å². The molecular weight excluding hydrogens is 402 g/mol. The standard InChI is InChI=1S/C28H28F2N2/c1-4-5-6-12-28(2,3)23-11-10-20-15-22(17-31)25(18-32)27(24(20)16-23)21-9-7-8-19(13-21)14-26(29)30/h7-11,13,15-16,26H,4-6,12,14H2,1-3H3. The molecule has 0 spiro atoms. The number of halogens is 2. The Morgan fingerprint density at radius 2 is 1.75 bits per heavy atom. The first kappa shape index (κ1) is 23.4. The fraction of sp³-hybridized carbons (Fsp3) is 0.357. The average Bonchev–Trinajstić information content (AvgIpc) is 2.77. The first-order valence-corrected chi connectivity index (χ1v) is 11.1. The van der Waals surface area contributed by atoms with E-state index in [4.69, 9.17) is 0 Å². The van der Waals surface area contributed by atoms with Gasteiger partial charge in [-0.05, 0) is 51.4 Å². The summed E-state index contributed by atoms with van der Waals surface area (Å²) in [5.74, 6) is 0. The number of nitrogens with zero attached hydrogens (tertiary/aromatic N) is 2. The third-order valence-corrected chi connectivity index (χ3v) is 6.17. The summed E-state index contributed by atoms with van der Waals surface area (Å²) in [5.41, 5.74) is 3.54. The molecule has 2 nitrogen and oxygen atoms in total. The fourth-order valence-corrected chi connectivity index (χ4v) is 4.31. The number of unbranched alkanes of at least 4 members (excludes halogenated alkanes) is 2. The Labute approximate surface area is 189 Å². The molecule has 0 aliphatic heterocycles. The van der Waals surface area contributed by atoms with Crippen molar-refractivity contribution in [1.29, 1.82) is 10.5 Å². The molecule has 0 saturated carbocycles. The Morgan fingerprint density at radius 1 is 0.969 bits per heavy atom. The summed E-state index contributed by atoms with van der Waals surface area (Å²) in [7, 11) is 0. The van der Waals surface area contributed by atoms with Crippen molar-refractivity contribution in [1.82, 2.24) is 0 Å². The van der Waals surface area contributed by atoms with Crippen LogP contribution in [0.2, 0.25) is 0 Å². The van der Waals surface area contributed by atoms with Gasteiger partial charge in [0.1, 0.15) is 12.1 Å². The van der Waals surface area contributed by atoms with Crippen LogP contribution in [0.5, 0.6) is 0 Å². The van der Waals surface area contributed by atoms with E-state index in [9.17, 15) is 19.3 Å². The average molecular weight is 431 g/mol. The molecular formula is C28H28F2N2. The minimum atomic E-state index is -2.45. The molecule has 3 rings (SSSR count). The number of alkyl halides is 2. The Balaban J connectivity index is 2.25. The molecule has 0 aromatic heterocycles. The van der Waals surface area contributed by atoms with Crippen LogP contribution < -0.4 is 0 Å². The SMILES string of the molecule is CCCCCC(C)(C)c1ccc2cc(C#N)c(C#N)c(-c3cccc(CC(F)F)c3)c2c1. The minimum Gasteiger partial charge on any atom is -0.210 e. The van der Waals surface area contributed by atoms with Crippen LogP contribution in [0.25, 0.3) is 21.9 Å². The van der Waals surface area contributed by atoms with Crippen molar-refractivity contribution in [2.45, 2.75) is 64.7 Å². The topological polar surface area (TPSA) is 47.6 Å². The molecule has 0 amide bonds. The van der Waals surface area contributed by atoms with Gasteiger partial charge in [0, 0.05) is 12.0 Å². The van der Waals surface area contributed by atoms with Crippen molar-refractivity contribution in [3.05, 3.63) is 70.8 Å². The maximum absolute atomic E-state index is 13.0. The molecule has 4 heteroatoms. The Hall–Kier alpha value is -3.24. The summed E-state index contributed by atoms with van der Waals surface area (Å²) in [4.78, 5) is 0. The smallest absolute Gasteiger partial charge is 0.210 e. The normalized spacial score (nSPS) is 11.5. The summed E-state index contributed by atoms with van der Waals surface area (Å²) in [6.07, 6.45) is 1.74. The van der Waals surface area contributed by atoms with Crippen molar-refractivity contribution < 1.29 is 8.78 Å². The lowest BCUT2D eigenvalue weighted by Crippen LogP contribution is -2.17. The quantitative estimate of drug-likeness (QED) is 0.341. The minimum absolute atomic E-state index is 0.0428. The van der Waals surface area contributed by atoms with Crippen LogP contribution in [0.4, 0.5) is 8.78 Å². The van der Waals surface area contributed by atoms with Gasteiger partial charge in [0.05, 0.1) is 11.1 Å². The highest BCUT2D eigenvalue weighted by atomic mass is 19.3. The second-order valence-corrected chi connectivity index (χ2v) is 8.97. The zero-order chi connectivity index (χ0) is 23.3. The lowest BCUT2D eigenvalue weighted by Gasteiger charge is -2.26. The second-order valence-electron chi connectivity index (χ2n) is 8.97. The van der Waals surface area contributed by atoms with Gasteiger partial charge in [0.15, 0.2) is 0 Å². The fourth-order valence-electron chi connectivity index (χ4n) is 4.31. The summed E-state index contributed by atoms with van der Waals surface area (Å²) >= 11 is 0. The van der Waals surface area contributed by atoms with Crippen LogP contribution in [0.1, 0.15) is 68.7 Å². The number of fused-ring (bicyclic) bond motifs is 1. The monoisotopic (exact) mass is 430 g/mol. The van der Waals surface area contributed by atoms with Crippen molar-refractivity contribution in [3.63, 3.8) is 0 Å². The number of benzene rings is 3.